The monoisotopic (exact) mass is 559 g/mol. The molecular formula is C25H27F5N6O3. The average molecular weight is 560 g/mol. The molecule has 1 aliphatic carbocycles. The number of hydrogen-bond donors (Lipinski definition) is 2. The lowest BCUT2D eigenvalue weighted by Crippen LogP contribution is -2.40. The molecule has 0 radical (unpaired) electrons. The predicted molar refractivity (Wildman–Crippen MR) is 128 cm³/mol. The molecule has 0 bridgehead atoms. The first-order chi connectivity index (χ1) is 20.3. The molecule has 2 atom stereocenters. The van der Waals surface area contributed by atoms with Gasteiger partial charge in [0.1, 0.15) is 23.3 Å². The maximum Gasteiger partial charge on any atom is 0.410 e. The largest absolute Gasteiger partial charge is 0.438 e. The minimum Gasteiger partial charge on any atom is -0.438 e. The Morgan fingerprint density at radius 3 is 2.79 bits per heavy atom. The van der Waals surface area contributed by atoms with Crippen LogP contribution in [0.2, 0.25) is 0 Å². The summed E-state index contributed by atoms with van der Waals surface area (Å²) in [5.74, 6) is -4.31. The maximum atomic E-state index is 14.0. The Labute approximate surface area is 226 Å². The van der Waals surface area contributed by atoms with E-state index in [1.165, 1.54) is 18.2 Å². The van der Waals surface area contributed by atoms with Crippen molar-refractivity contribution in [1.82, 2.24) is 30.3 Å². The number of amides is 3. The normalized spacial score (nSPS) is 23.4. The molecule has 2 aromatic heterocycles. The van der Waals surface area contributed by atoms with Crippen LogP contribution < -0.4 is 10.6 Å². The van der Waals surface area contributed by atoms with E-state index in [1.54, 1.807) is 0 Å². The standard InChI is InChI=1S/C25H27F5N6O3/c1-2-36-10-7-16(34-36)21(37)33-20(15-5-8-24(26,27)9-6-15)22-31-17-11-14(3-4-18(17)39-22)12-35-13-19(25(28,29)30)32-23(35)38/h3-4,7,10-11,15,19-20H,2,5-6,8-9,12-13H2,1H3,(H,32,38)(H,33,37)/i1D3,2D2. The van der Waals surface area contributed by atoms with Crippen LogP contribution in [0.5, 0.6) is 0 Å². The Hall–Kier alpha value is -3.71. The van der Waals surface area contributed by atoms with Crippen molar-refractivity contribution >= 4 is 23.0 Å². The van der Waals surface area contributed by atoms with E-state index in [0.29, 0.717) is 10.2 Å². The van der Waals surface area contributed by atoms with Gasteiger partial charge in [-0.25, -0.2) is 18.6 Å². The summed E-state index contributed by atoms with van der Waals surface area (Å²) in [5.41, 5.74) is 0.601. The third-order valence-electron chi connectivity index (χ3n) is 6.95. The lowest BCUT2D eigenvalue weighted by atomic mass is 9.82. The molecule has 0 spiro atoms. The molecule has 2 unspecified atom stereocenters. The van der Waals surface area contributed by atoms with Crippen LogP contribution in [-0.2, 0) is 13.0 Å². The van der Waals surface area contributed by atoms with Gasteiger partial charge in [-0.1, -0.05) is 6.07 Å². The fourth-order valence-corrected chi connectivity index (χ4v) is 4.85. The van der Waals surface area contributed by atoms with Gasteiger partial charge >= 0.3 is 12.2 Å². The number of fused-ring (bicyclic) bond motifs is 1. The summed E-state index contributed by atoms with van der Waals surface area (Å²) in [6, 6.07) is 1.73. The van der Waals surface area contributed by atoms with Crippen LogP contribution in [0.1, 0.15) is 67.4 Å². The average Bonchev–Trinajstić information content (AvgIpc) is 3.65. The van der Waals surface area contributed by atoms with E-state index in [1.807, 2.05) is 5.32 Å². The molecule has 1 saturated carbocycles. The number of urea groups is 1. The number of alkyl halides is 5. The Morgan fingerprint density at radius 1 is 1.33 bits per heavy atom. The first kappa shape index (κ1) is 21.2. The minimum atomic E-state index is -4.60. The number of aromatic nitrogens is 3. The highest BCUT2D eigenvalue weighted by Gasteiger charge is 2.47. The minimum absolute atomic E-state index is 0.00239. The lowest BCUT2D eigenvalue weighted by Gasteiger charge is -2.32. The van der Waals surface area contributed by atoms with E-state index < -0.39 is 74.8 Å². The van der Waals surface area contributed by atoms with Crippen molar-refractivity contribution in [3.05, 3.63) is 47.6 Å². The summed E-state index contributed by atoms with van der Waals surface area (Å²) in [4.78, 5) is 30.7. The molecule has 2 fully saturated rings. The van der Waals surface area contributed by atoms with Gasteiger partial charge in [0.25, 0.3) is 5.91 Å². The first-order valence-corrected chi connectivity index (χ1v) is 12.1. The molecule has 14 heteroatoms. The van der Waals surface area contributed by atoms with Gasteiger partial charge in [0.05, 0.1) is 9.29 Å². The van der Waals surface area contributed by atoms with Gasteiger partial charge in [-0.15, -0.1) is 0 Å². The Balaban J connectivity index is 1.39. The van der Waals surface area contributed by atoms with Crippen molar-refractivity contribution in [2.24, 2.45) is 5.92 Å². The molecule has 210 valence electrons. The Morgan fingerprint density at radius 2 is 2.10 bits per heavy atom. The van der Waals surface area contributed by atoms with Crippen molar-refractivity contribution in [3.8, 4) is 0 Å². The molecule has 9 nitrogen and oxygen atoms in total. The zero-order chi connectivity index (χ0) is 32.2. The zero-order valence-corrected chi connectivity index (χ0v) is 20.3. The lowest BCUT2D eigenvalue weighted by molar-refractivity contribution is -0.149. The van der Waals surface area contributed by atoms with E-state index in [4.69, 9.17) is 11.3 Å². The van der Waals surface area contributed by atoms with Crippen molar-refractivity contribution < 1.29 is 42.8 Å². The van der Waals surface area contributed by atoms with Crippen LogP contribution in [-0.4, -0.2) is 56.3 Å². The molecule has 3 heterocycles. The van der Waals surface area contributed by atoms with E-state index >= 15 is 0 Å². The van der Waals surface area contributed by atoms with Gasteiger partial charge < -0.3 is 20.0 Å². The molecular weight excluding hydrogens is 527 g/mol. The fraction of sp³-hybridized carbons (Fsp3) is 0.520. The Bertz CT molecular complexity index is 1550. The van der Waals surface area contributed by atoms with E-state index in [9.17, 15) is 31.5 Å². The number of nitrogens with zero attached hydrogens (tertiary/aromatic N) is 4. The van der Waals surface area contributed by atoms with Crippen molar-refractivity contribution in [2.45, 2.75) is 69.8 Å². The molecule has 1 aliphatic heterocycles. The number of rotatable bonds is 7. The number of hydrogen-bond acceptors (Lipinski definition) is 5. The molecule has 3 aromatic rings. The van der Waals surface area contributed by atoms with Crippen LogP contribution in [0.4, 0.5) is 26.7 Å². The smallest absolute Gasteiger partial charge is 0.410 e. The number of aryl methyl sites for hydroxylation is 1. The van der Waals surface area contributed by atoms with Crippen molar-refractivity contribution in [2.75, 3.05) is 6.54 Å². The molecule has 5 rings (SSSR count). The van der Waals surface area contributed by atoms with Crippen molar-refractivity contribution in [3.63, 3.8) is 0 Å². The molecule has 2 N–H and O–H groups in total. The van der Waals surface area contributed by atoms with Gasteiger partial charge in [0.2, 0.25) is 11.8 Å². The van der Waals surface area contributed by atoms with Gasteiger partial charge in [0.15, 0.2) is 5.58 Å². The van der Waals surface area contributed by atoms with Gasteiger partial charge in [0, 0.05) is 36.2 Å². The van der Waals surface area contributed by atoms with Gasteiger partial charge in [-0.2, -0.15) is 18.3 Å². The van der Waals surface area contributed by atoms with Crippen LogP contribution in [0.15, 0.2) is 34.9 Å². The number of carbonyl (C=O) groups excluding carboxylic acids is 2. The number of carbonyl (C=O) groups is 2. The second-order valence-corrected chi connectivity index (χ2v) is 9.68. The van der Waals surface area contributed by atoms with E-state index in [2.05, 4.69) is 15.4 Å². The van der Waals surface area contributed by atoms with Gasteiger partial charge in [-0.05, 0) is 49.4 Å². The predicted octanol–water partition coefficient (Wildman–Crippen LogP) is 4.80. The molecule has 2 aliphatic rings. The summed E-state index contributed by atoms with van der Waals surface area (Å²) >= 11 is 0. The zero-order valence-electron chi connectivity index (χ0n) is 25.3. The molecule has 39 heavy (non-hydrogen) atoms. The van der Waals surface area contributed by atoms with E-state index in [-0.39, 0.29) is 42.1 Å². The Kier molecular flexibility index (Phi) is 5.49. The van der Waals surface area contributed by atoms with E-state index in [0.717, 1.165) is 17.2 Å². The number of oxazole rings is 1. The van der Waals surface area contributed by atoms with Crippen LogP contribution in [0.25, 0.3) is 11.1 Å². The number of benzene rings is 1. The van der Waals surface area contributed by atoms with Crippen LogP contribution >= 0.6 is 0 Å². The van der Waals surface area contributed by atoms with Crippen molar-refractivity contribution in [1.29, 1.82) is 0 Å². The molecule has 1 aromatic carbocycles. The molecule has 3 amide bonds. The third-order valence-corrected chi connectivity index (χ3v) is 6.95. The molecule has 1 saturated heterocycles. The quantitative estimate of drug-likeness (QED) is 0.405. The summed E-state index contributed by atoms with van der Waals surface area (Å²) in [6.45, 7) is -6.73. The summed E-state index contributed by atoms with van der Waals surface area (Å²) in [5, 5.41) is 8.34. The third kappa shape index (κ3) is 5.83. The highest BCUT2D eigenvalue weighted by molar-refractivity contribution is 5.92. The summed E-state index contributed by atoms with van der Waals surface area (Å²) in [6.07, 6.45) is -4.49. The number of nitrogens with one attached hydrogen (secondary N) is 2. The second-order valence-electron chi connectivity index (χ2n) is 9.68. The highest BCUT2D eigenvalue weighted by Crippen LogP contribution is 2.42. The van der Waals surface area contributed by atoms with Gasteiger partial charge in [-0.3, -0.25) is 9.48 Å². The van der Waals surface area contributed by atoms with Crippen LogP contribution in [0.3, 0.4) is 0 Å². The SMILES string of the molecule is [2H]C([2H])([2H])C([2H])([2H])n1ccc(C(=O)NC(c2nc3cc(CN4CC(C(F)(F)F)NC4=O)ccc3o2)C2CCC(F)(F)CC2)n1. The fourth-order valence-electron chi connectivity index (χ4n) is 4.85. The summed E-state index contributed by atoms with van der Waals surface area (Å²) in [7, 11) is 0. The van der Waals surface area contributed by atoms with Crippen LogP contribution in [0, 0.1) is 5.92 Å². The summed E-state index contributed by atoms with van der Waals surface area (Å²) < 4.78 is 111. The highest BCUT2D eigenvalue weighted by atomic mass is 19.4. The second kappa shape index (κ2) is 10.1. The maximum absolute atomic E-state index is 14.0. The first-order valence-electron chi connectivity index (χ1n) is 14.6. The topological polar surface area (TPSA) is 105 Å². The number of halogens is 5.